The second kappa shape index (κ2) is 10.7. The summed E-state index contributed by atoms with van der Waals surface area (Å²) in [6.45, 7) is 10.3. The van der Waals surface area contributed by atoms with Crippen LogP contribution in [0.5, 0.6) is 5.88 Å². The van der Waals surface area contributed by atoms with Gasteiger partial charge in [-0.1, -0.05) is 6.07 Å². The smallest absolute Gasteiger partial charge is 0.410 e. The predicted molar refractivity (Wildman–Crippen MR) is 129 cm³/mol. The third-order valence-corrected chi connectivity index (χ3v) is 5.69. The van der Waals surface area contributed by atoms with E-state index in [0.29, 0.717) is 55.2 Å². The number of nitriles is 1. The number of carbonyl (C=O) groups is 2. The highest BCUT2D eigenvalue weighted by Gasteiger charge is 2.42. The second-order valence-electron chi connectivity index (χ2n) is 9.26. The van der Waals surface area contributed by atoms with E-state index in [1.165, 1.54) is 0 Å². The normalized spacial score (nSPS) is 15.1. The minimum Gasteiger partial charge on any atom is -0.477 e. The lowest BCUT2D eigenvalue weighted by Crippen LogP contribution is -2.46. The largest absolute Gasteiger partial charge is 0.477 e. The Kier molecular flexibility index (Phi) is 7.95. The zero-order chi connectivity index (χ0) is 25.6. The highest BCUT2D eigenvalue weighted by molar-refractivity contribution is 5.90. The molecule has 2 aromatic rings. The fourth-order valence-corrected chi connectivity index (χ4v) is 4.03. The van der Waals surface area contributed by atoms with Crippen LogP contribution in [0.2, 0.25) is 0 Å². The Balaban J connectivity index is 1.98. The van der Waals surface area contributed by atoms with Crippen LogP contribution in [0, 0.1) is 11.3 Å². The molecular weight excluding hydrogens is 448 g/mol. The van der Waals surface area contributed by atoms with Gasteiger partial charge in [-0.2, -0.15) is 5.26 Å². The third kappa shape index (κ3) is 5.88. The van der Waals surface area contributed by atoms with E-state index in [-0.39, 0.29) is 12.3 Å². The molecule has 0 atom stereocenters. The molecule has 35 heavy (non-hydrogen) atoms. The summed E-state index contributed by atoms with van der Waals surface area (Å²) >= 11 is 0. The van der Waals surface area contributed by atoms with Crippen LogP contribution in [-0.2, 0) is 14.9 Å². The van der Waals surface area contributed by atoms with Gasteiger partial charge in [0.25, 0.3) is 0 Å². The molecule has 3 rings (SSSR count). The Morgan fingerprint density at radius 2 is 1.86 bits per heavy atom. The lowest BCUT2D eigenvalue weighted by molar-refractivity contribution is 0.0183. The van der Waals surface area contributed by atoms with Gasteiger partial charge >= 0.3 is 12.1 Å². The average Bonchev–Trinajstić information content (AvgIpc) is 2.83. The summed E-state index contributed by atoms with van der Waals surface area (Å²) < 4.78 is 16.4. The van der Waals surface area contributed by atoms with Gasteiger partial charge < -0.3 is 19.1 Å². The molecule has 0 aromatic carbocycles. The lowest BCUT2D eigenvalue weighted by Gasteiger charge is -2.38. The molecule has 0 bridgehead atoms. The Labute approximate surface area is 206 Å². The molecule has 1 aliphatic rings. The number of esters is 1. The van der Waals surface area contributed by atoms with Crippen molar-refractivity contribution >= 4 is 12.1 Å². The first-order chi connectivity index (χ1) is 16.6. The number of pyridine rings is 2. The van der Waals surface area contributed by atoms with Crippen LogP contribution < -0.4 is 4.74 Å². The van der Waals surface area contributed by atoms with Crippen LogP contribution in [0.25, 0.3) is 11.3 Å². The zero-order valence-corrected chi connectivity index (χ0v) is 21.0. The molecule has 9 nitrogen and oxygen atoms in total. The van der Waals surface area contributed by atoms with Gasteiger partial charge in [-0.3, -0.25) is 0 Å². The number of hydrogen-bond donors (Lipinski definition) is 0. The van der Waals surface area contributed by atoms with E-state index >= 15 is 0 Å². The number of likely N-dealkylation sites (tertiary alicyclic amines) is 1. The molecule has 0 saturated carbocycles. The number of amides is 1. The van der Waals surface area contributed by atoms with Gasteiger partial charge in [-0.25, -0.2) is 19.6 Å². The van der Waals surface area contributed by atoms with Crippen LogP contribution in [0.3, 0.4) is 0 Å². The molecule has 3 heterocycles. The van der Waals surface area contributed by atoms with Crippen LogP contribution in [0.15, 0.2) is 30.5 Å². The molecule has 1 aliphatic heterocycles. The maximum absolute atomic E-state index is 13.0. The summed E-state index contributed by atoms with van der Waals surface area (Å²) in [5, 5.41) is 10.2. The number of carbonyl (C=O) groups excluding carboxylic acids is 2. The zero-order valence-electron chi connectivity index (χ0n) is 21.0. The monoisotopic (exact) mass is 480 g/mol. The molecule has 9 heteroatoms. The van der Waals surface area contributed by atoms with Gasteiger partial charge in [0.1, 0.15) is 5.60 Å². The van der Waals surface area contributed by atoms with Crippen molar-refractivity contribution in [2.24, 2.45) is 0 Å². The van der Waals surface area contributed by atoms with Crippen LogP contribution in [0.4, 0.5) is 4.79 Å². The summed E-state index contributed by atoms with van der Waals surface area (Å²) in [5.41, 5.74) is 0.106. The second-order valence-corrected chi connectivity index (χ2v) is 9.26. The molecule has 1 amide bonds. The minimum absolute atomic E-state index is 0.0860. The standard InChI is InChI=1S/C26H32N4O5/c1-6-33-22-18(9-8-14-28-22)20-11-10-19(21(29-20)23(31)34-7-2)26(17-27)12-15-30(16-13-26)24(32)35-25(3,4)5/h8-11,14H,6-7,12-13,15-16H2,1-5H3. The number of rotatable bonds is 6. The van der Waals surface area contributed by atoms with E-state index in [0.717, 1.165) is 0 Å². The van der Waals surface area contributed by atoms with Gasteiger partial charge in [-0.05, 0) is 65.7 Å². The summed E-state index contributed by atoms with van der Waals surface area (Å²) in [5.74, 6) is -0.193. The Morgan fingerprint density at radius 3 is 2.46 bits per heavy atom. The minimum atomic E-state index is -0.996. The van der Waals surface area contributed by atoms with Gasteiger partial charge in [-0.15, -0.1) is 0 Å². The van der Waals surface area contributed by atoms with Gasteiger partial charge in [0.05, 0.1) is 36.0 Å². The van der Waals surface area contributed by atoms with E-state index in [4.69, 9.17) is 14.2 Å². The van der Waals surface area contributed by atoms with Crippen LogP contribution in [-0.4, -0.2) is 58.8 Å². The van der Waals surface area contributed by atoms with E-state index in [1.54, 1.807) is 36.2 Å². The molecular formula is C26H32N4O5. The van der Waals surface area contributed by atoms with Crippen molar-refractivity contribution < 1.29 is 23.8 Å². The highest BCUT2D eigenvalue weighted by Crippen LogP contribution is 2.38. The summed E-state index contributed by atoms with van der Waals surface area (Å²) in [6.07, 6.45) is 1.89. The molecule has 1 fully saturated rings. The van der Waals surface area contributed by atoms with E-state index in [9.17, 15) is 14.9 Å². The Bertz CT molecular complexity index is 1110. The van der Waals surface area contributed by atoms with Crippen molar-refractivity contribution in [2.75, 3.05) is 26.3 Å². The van der Waals surface area contributed by atoms with E-state index < -0.39 is 23.1 Å². The summed E-state index contributed by atoms with van der Waals surface area (Å²) in [7, 11) is 0. The predicted octanol–water partition coefficient (Wildman–Crippen LogP) is 4.51. The van der Waals surface area contributed by atoms with Crippen molar-refractivity contribution in [2.45, 2.75) is 58.5 Å². The van der Waals surface area contributed by atoms with Crippen molar-refractivity contribution in [3.63, 3.8) is 0 Å². The topological polar surface area (TPSA) is 115 Å². The van der Waals surface area contributed by atoms with Gasteiger partial charge in [0, 0.05) is 24.8 Å². The molecule has 0 unspecified atom stereocenters. The fourth-order valence-electron chi connectivity index (χ4n) is 4.03. The molecule has 186 valence electrons. The summed E-state index contributed by atoms with van der Waals surface area (Å²) in [4.78, 5) is 36.0. The fraction of sp³-hybridized carbons (Fsp3) is 0.500. The maximum atomic E-state index is 13.0. The van der Waals surface area contributed by atoms with Crippen LogP contribution in [0.1, 0.15) is 63.5 Å². The van der Waals surface area contributed by atoms with Crippen molar-refractivity contribution in [3.05, 3.63) is 41.7 Å². The molecule has 0 spiro atoms. The van der Waals surface area contributed by atoms with Gasteiger partial charge in [0.2, 0.25) is 5.88 Å². The van der Waals surface area contributed by atoms with Gasteiger partial charge in [0.15, 0.2) is 5.69 Å². The van der Waals surface area contributed by atoms with Crippen molar-refractivity contribution in [3.8, 4) is 23.2 Å². The SMILES string of the molecule is CCOC(=O)c1nc(-c2cccnc2OCC)ccc1C1(C#N)CCN(C(=O)OC(C)(C)C)CC1. The molecule has 0 aliphatic carbocycles. The first kappa shape index (κ1) is 25.9. The van der Waals surface area contributed by atoms with Crippen LogP contribution >= 0.6 is 0 Å². The Morgan fingerprint density at radius 1 is 1.14 bits per heavy atom. The number of piperidine rings is 1. The lowest BCUT2D eigenvalue weighted by atomic mass is 9.73. The maximum Gasteiger partial charge on any atom is 0.410 e. The van der Waals surface area contributed by atoms with E-state index in [1.807, 2.05) is 33.8 Å². The number of ether oxygens (including phenoxy) is 3. The first-order valence-electron chi connectivity index (χ1n) is 11.8. The average molecular weight is 481 g/mol. The quantitative estimate of drug-likeness (QED) is 0.555. The Hall–Kier alpha value is -3.67. The third-order valence-electron chi connectivity index (χ3n) is 5.69. The van der Waals surface area contributed by atoms with E-state index in [2.05, 4.69) is 16.0 Å². The molecule has 2 aromatic heterocycles. The first-order valence-corrected chi connectivity index (χ1v) is 11.8. The molecule has 0 N–H and O–H groups in total. The van der Waals surface area contributed by atoms with Crippen molar-refractivity contribution in [1.82, 2.24) is 14.9 Å². The number of aromatic nitrogens is 2. The highest BCUT2D eigenvalue weighted by atomic mass is 16.6. The molecule has 0 radical (unpaired) electrons. The van der Waals surface area contributed by atoms with Crippen molar-refractivity contribution in [1.29, 1.82) is 5.26 Å². The molecule has 1 saturated heterocycles. The number of hydrogen-bond acceptors (Lipinski definition) is 8. The summed E-state index contributed by atoms with van der Waals surface area (Å²) in [6, 6.07) is 9.50. The number of nitrogens with zero attached hydrogens (tertiary/aromatic N) is 4.